The highest BCUT2D eigenvalue weighted by Gasteiger charge is 2.04. The molecule has 0 saturated heterocycles. The number of guanidine groups is 1. The molecule has 0 spiro atoms. The molecule has 0 aliphatic heterocycles. The highest BCUT2D eigenvalue weighted by molar-refractivity contribution is 5.77. The fourth-order valence-corrected chi connectivity index (χ4v) is 1.26. The minimum atomic E-state index is 0.00342. The highest BCUT2D eigenvalue weighted by atomic mass is 16.5. The molecule has 94 valence electrons. The molecule has 0 aliphatic carbocycles. The summed E-state index contributed by atoms with van der Waals surface area (Å²) >= 11 is 0. The number of hydrogen-bond donors (Lipinski definition) is 2. The molecule has 0 radical (unpaired) electrons. The van der Waals surface area contributed by atoms with Crippen LogP contribution in [0.1, 0.15) is 6.92 Å². The lowest BCUT2D eigenvalue weighted by atomic mass is 10.3. The van der Waals surface area contributed by atoms with Crippen LogP contribution in [0.5, 0.6) is 11.5 Å². The second-order valence-electron chi connectivity index (χ2n) is 3.59. The number of methoxy groups -OCH3 is 1. The van der Waals surface area contributed by atoms with E-state index in [0.717, 1.165) is 11.5 Å². The van der Waals surface area contributed by atoms with Gasteiger partial charge < -0.3 is 20.5 Å². The summed E-state index contributed by atoms with van der Waals surface area (Å²) in [6.07, 6.45) is 0.00342. The Morgan fingerprint density at radius 1 is 1.35 bits per heavy atom. The third-order valence-corrected chi connectivity index (χ3v) is 2.21. The molecule has 3 N–H and O–H groups in total. The summed E-state index contributed by atoms with van der Waals surface area (Å²) in [5.74, 6) is 2.02. The van der Waals surface area contributed by atoms with E-state index in [1.54, 1.807) is 14.2 Å². The normalized spacial score (nSPS) is 13.0. The average Bonchev–Trinajstić information content (AvgIpc) is 2.36. The van der Waals surface area contributed by atoms with Crippen molar-refractivity contribution in [3.8, 4) is 11.5 Å². The first kappa shape index (κ1) is 13.2. The van der Waals surface area contributed by atoms with Crippen molar-refractivity contribution in [1.82, 2.24) is 5.32 Å². The van der Waals surface area contributed by atoms with E-state index in [9.17, 15) is 0 Å². The maximum atomic E-state index is 5.68. The van der Waals surface area contributed by atoms with Gasteiger partial charge in [-0.3, -0.25) is 4.99 Å². The zero-order chi connectivity index (χ0) is 12.7. The Bertz CT molecular complexity index is 363. The predicted molar refractivity (Wildman–Crippen MR) is 68.6 cm³/mol. The van der Waals surface area contributed by atoms with E-state index < -0.39 is 0 Å². The van der Waals surface area contributed by atoms with Crippen molar-refractivity contribution in [2.75, 3.05) is 20.7 Å². The fourth-order valence-electron chi connectivity index (χ4n) is 1.26. The monoisotopic (exact) mass is 237 g/mol. The summed E-state index contributed by atoms with van der Waals surface area (Å²) in [5, 5.41) is 2.95. The standard InChI is InChI=1S/C12H19N3O2/c1-9(8-15-12(13)14-2)17-11-6-4-10(16-3)5-7-11/h4-7,9H,8H2,1-3H3,(H3,13,14,15). The van der Waals surface area contributed by atoms with Crippen LogP contribution in [-0.4, -0.2) is 32.8 Å². The van der Waals surface area contributed by atoms with Crippen molar-refractivity contribution in [2.24, 2.45) is 10.7 Å². The van der Waals surface area contributed by atoms with Gasteiger partial charge in [0, 0.05) is 7.05 Å². The van der Waals surface area contributed by atoms with E-state index in [1.165, 1.54) is 0 Å². The quantitative estimate of drug-likeness (QED) is 0.592. The molecule has 1 rings (SSSR count). The summed E-state index contributed by atoms with van der Waals surface area (Å²) in [5.41, 5.74) is 5.52. The third-order valence-electron chi connectivity index (χ3n) is 2.21. The second-order valence-corrected chi connectivity index (χ2v) is 3.59. The van der Waals surface area contributed by atoms with Gasteiger partial charge in [0.25, 0.3) is 0 Å². The summed E-state index contributed by atoms with van der Waals surface area (Å²) in [6, 6.07) is 7.45. The molecule has 5 heteroatoms. The molecular weight excluding hydrogens is 218 g/mol. The summed E-state index contributed by atoms with van der Waals surface area (Å²) in [6.45, 7) is 2.56. The van der Waals surface area contributed by atoms with Gasteiger partial charge in [0.05, 0.1) is 13.7 Å². The van der Waals surface area contributed by atoms with Gasteiger partial charge in [-0.2, -0.15) is 0 Å². The number of ether oxygens (including phenoxy) is 2. The SMILES string of the molecule is CN=C(N)NCC(C)Oc1ccc(OC)cc1. The molecule has 0 amide bonds. The van der Waals surface area contributed by atoms with Gasteiger partial charge in [-0.25, -0.2) is 0 Å². The van der Waals surface area contributed by atoms with Crippen molar-refractivity contribution in [1.29, 1.82) is 0 Å². The largest absolute Gasteiger partial charge is 0.497 e. The number of nitrogens with two attached hydrogens (primary N) is 1. The van der Waals surface area contributed by atoms with Crippen LogP contribution in [-0.2, 0) is 0 Å². The summed E-state index contributed by atoms with van der Waals surface area (Å²) in [4.78, 5) is 3.80. The molecule has 0 saturated carbocycles. The highest BCUT2D eigenvalue weighted by Crippen LogP contribution is 2.17. The molecule has 17 heavy (non-hydrogen) atoms. The van der Waals surface area contributed by atoms with Gasteiger partial charge in [0.15, 0.2) is 5.96 Å². The summed E-state index contributed by atoms with van der Waals surface area (Å²) in [7, 11) is 3.27. The van der Waals surface area contributed by atoms with Crippen molar-refractivity contribution >= 4 is 5.96 Å². The Morgan fingerprint density at radius 2 is 1.94 bits per heavy atom. The molecule has 1 aromatic rings. The van der Waals surface area contributed by atoms with Crippen LogP contribution >= 0.6 is 0 Å². The zero-order valence-corrected chi connectivity index (χ0v) is 10.4. The Morgan fingerprint density at radius 3 is 2.47 bits per heavy atom. The fraction of sp³-hybridized carbons (Fsp3) is 0.417. The number of hydrogen-bond acceptors (Lipinski definition) is 3. The van der Waals surface area contributed by atoms with E-state index in [-0.39, 0.29) is 6.10 Å². The van der Waals surface area contributed by atoms with Crippen molar-refractivity contribution in [2.45, 2.75) is 13.0 Å². The van der Waals surface area contributed by atoms with Crippen molar-refractivity contribution < 1.29 is 9.47 Å². The molecule has 0 aromatic heterocycles. The smallest absolute Gasteiger partial charge is 0.188 e. The number of aliphatic imine (C=N–C) groups is 1. The summed E-state index contributed by atoms with van der Waals surface area (Å²) < 4.78 is 10.7. The lowest BCUT2D eigenvalue weighted by Crippen LogP contribution is -2.38. The van der Waals surface area contributed by atoms with Gasteiger partial charge in [-0.05, 0) is 31.2 Å². The second kappa shape index (κ2) is 6.62. The molecule has 1 unspecified atom stereocenters. The zero-order valence-electron chi connectivity index (χ0n) is 10.4. The van der Waals surface area contributed by atoms with Crippen LogP contribution in [0.25, 0.3) is 0 Å². The van der Waals surface area contributed by atoms with E-state index in [4.69, 9.17) is 15.2 Å². The van der Waals surface area contributed by atoms with Gasteiger partial charge in [0.2, 0.25) is 0 Å². The van der Waals surface area contributed by atoms with Crippen LogP contribution in [0.4, 0.5) is 0 Å². The lowest BCUT2D eigenvalue weighted by molar-refractivity contribution is 0.224. The lowest BCUT2D eigenvalue weighted by Gasteiger charge is -2.15. The Kier molecular flexibility index (Phi) is 5.13. The number of benzene rings is 1. The van der Waals surface area contributed by atoms with Gasteiger partial charge >= 0.3 is 0 Å². The number of nitrogens with zero attached hydrogens (tertiary/aromatic N) is 1. The maximum absolute atomic E-state index is 5.68. The molecule has 5 nitrogen and oxygen atoms in total. The molecule has 0 heterocycles. The topological polar surface area (TPSA) is 68.9 Å². The van der Waals surface area contributed by atoms with Crippen LogP contribution in [0.3, 0.4) is 0 Å². The minimum absolute atomic E-state index is 0.00342. The van der Waals surface area contributed by atoms with E-state index in [0.29, 0.717) is 12.5 Å². The first-order valence-electron chi connectivity index (χ1n) is 5.42. The van der Waals surface area contributed by atoms with Crippen LogP contribution < -0.4 is 20.5 Å². The molecular formula is C12H19N3O2. The molecule has 1 aromatic carbocycles. The first-order valence-corrected chi connectivity index (χ1v) is 5.42. The van der Waals surface area contributed by atoms with Crippen LogP contribution in [0.15, 0.2) is 29.3 Å². The van der Waals surface area contributed by atoms with E-state index in [1.807, 2.05) is 31.2 Å². The molecule has 0 aliphatic rings. The van der Waals surface area contributed by atoms with Gasteiger partial charge in [-0.1, -0.05) is 0 Å². The van der Waals surface area contributed by atoms with E-state index >= 15 is 0 Å². The Balaban J connectivity index is 2.41. The van der Waals surface area contributed by atoms with Gasteiger partial charge in [0.1, 0.15) is 17.6 Å². The Hall–Kier alpha value is -1.91. The van der Waals surface area contributed by atoms with Gasteiger partial charge in [-0.15, -0.1) is 0 Å². The van der Waals surface area contributed by atoms with Crippen molar-refractivity contribution in [3.63, 3.8) is 0 Å². The van der Waals surface area contributed by atoms with E-state index in [2.05, 4.69) is 10.3 Å². The van der Waals surface area contributed by atoms with Crippen LogP contribution in [0.2, 0.25) is 0 Å². The minimum Gasteiger partial charge on any atom is -0.497 e. The third kappa shape index (κ3) is 4.63. The Labute approximate surface area is 102 Å². The van der Waals surface area contributed by atoms with Crippen LogP contribution in [0, 0.1) is 0 Å². The number of rotatable bonds is 5. The number of nitrogens with one attached hydrogen (secondary N) is 1. The van der Waals surface area contributed by atoms with Crippen molar-refractivity contribution in [3.05, 3.63) is 24.3 Å². The average molecular weight is 237 g/mol. The first-order chi connectivity index (χ1) is 8.15. The molecule has 1 atom stereocenters. The molecule has 0 bridgehead atoms. The molecule has 0 fully saturated rings. The predicted octanol–water partition coefficient (Wildman–Crippen LogP) is 0.997. The maximum Gasteiger partial charge on any atom is 0.188 e.